The lowest BCUT2D eigenvalue weighted by atomic mass is 9.89. The zero-order valence-electron chi connectivity index (χ0n) is 10.0. The smallest absolute Gasteiger partial charge is 0.243 e. The first kappa shape index (κ1) is 12.7. The van der Waals surface area contributed by atoms with Crippen molar-refractivity contribution < 1.29 is 13.2 Å². The molecule has 0 saturated heterocycles. The molecular weight excluding hydrogens is 275 g/mol. The molecule has 0 saturated carbocycles. The summed E-state index contributed by atoms with van der Waals surface area (Å²) in [4.78, 5) is 3.81. The van der Waals surface area contributed by atoms with E-state index in [0.717, 1.165) is 42.9 Å². The van der Waals surface area contributed by atoms with E-state index in [-0.39, 0.29) is 5.02 Å². The van der Waals surface area contributed by atoms with Crippen LogP contribution in [0.15, 0.2) is 18.2 Å². The van der Waals surface area contributed by atoms with Gasteiger partial charge in [-0.1, -0.05) is 23.7 Å². The molecule has 1 heterocycles. The highest BCUT2D eigenvalue weighted by Gasteiger charge is 2.33. The molecule has 3 rings (SSSR count). The summed E-state index contributed by atoms with van der Waals surface area (Å²) in [5.74, 6) is 0. The Morgan fingerprint density at radius 2 is 1.84 bits per heavy atom. The third-order valence-electron chi connectivity index (χ3n) is 3.55. The van der Waals surface area contributed by atoms with E-state index in [1.807, 2.05) is 6.07 Å². The van der Waals surface area contributed by atoms with Gasteiger partial charge in [0, 0.05) is 5.39 Å². The Balaban J connectivity index is 2.32. The molecule has 1 nitrogen and oxygen atoms in total. The van der Waals surface area contributed by atoms with Crippen molar-refractivity contribution in [2.24, 2.45) is 0 Å². The minimum absolute atomic E-state index is 0.116. The van der Waals surface area contributed by atoms with Gasteiger partial charge in [-0.15, -0.1) is 0 Å². The van der Waals surface area contributed by atoms with E-state index in [9.17, 15) is 13.2 Å². The minimum Gasteiger partial charge on any atom is -0.243 e. The first-order chi connectivity index (χ1) is 8.97. The Hall–Kier alpha value is -1.29. The van der Waals surface area contributed by atoms with E-state index < -0.39 is 11.9 Å². The highest BCUT2D eigenvalue weighted by atomic mass is 35.5. The average Bonchev–Trinajstić information content (AvgIpc) is 2.37. The second-order valence-electron chi connectivity index (χ2n) is 4.79. The predicted molar refractivity (Wildman–Crippen MR) is 68.4 cm³/mol. The summed E-state index contributed by atoms with van der Waals surface area (Å²) in [6, 6.07) is 4.63. The van der Waals surface area contributed by atoms with Crippen LogP contribution in [0.2, 0.25) is 5.02 Å². The molecule has 2 aromatic rings. The fraction of sp³-hybridized carbons (Fsp3) is 0.357. The molecule has 1 aromatic carbocycles. The lowest BCUT2D eigenvalue weighted by Crippen LogP contribution is -2.10. The number of aromatic nitrogens is 1. The van der Waals surface area contributed by atoms with Gasteiger partial charge in [-0.3, -0.25) is 0 Å². The molecule has 1 aromatic heterocycles. The largest absolute Gasteiger partial charge is 0.433 e. The summed E-state index contributed by atoms with van der Waals surface area (Å²) in [6.45, 7) is 0. The summed E-state index contributed by atoms with van der Waals surface area (Å²) < 4.78 is 38.4. The maximum atomic E-state index is 12.8. The molecule has 0 radical (unpaired) electrons. The molecule has 5 heteroatoms. The number of halogens is 4. The number of aryl methyl sites for hydroxylation is 2. The van der Waals surface area contributed by atoms with Gasteiger partial charge in [0.25, 0.3) is 0 Å². The Bertz CT molecular complexity index is 649. The Morgan fingerprint density at radius 3 is 2.58 bits per heavy atom. The van der Waals surface area contributed by atoms with Crippen LogP contribution in [0.3, 0.4) is 0 Å². The van der Waals surface area contributed by atoms with Gasteiger partial charge in [-0.2, -0.15) is 13.2 Å². The van der Waals surface area contributed by atoms with E-state index in [4.69, 9.17) is 11.6 Å². The number of benzene rings is 1. The zero-order valence-corrected chi connectivity index (χ0v) is 10.8. The highest BCUT2D eigenvalue weighted by molar-refractivity contribution is 6.35. The number of fused-ring (bicyclic) bond motifs is 3. The number of rotatable bonds is 0. The SMILES string of the molecule is FC(F)(F)c1cc(Cl)c2ccc3c(c2n1)CCCC3. The van der Waals surface area contributed by atoms with Gasteiger partial charge in [-0.05, 0) is 42.9 Å². The Kier molecular flexibility index (Phi) is 2.93. The van der Waals surface area contributed by atoms with Crippen LogP contribution in [0.4, 0.5) is 13.2 Å². The van der Waals surface area contributed by atoms with Crippen LogP contribution in [0.5, 0.6) is 0 Å². The van der Waals surface area contributed by atoms with Crippen molar-refractivity contribution in [1.29, 1.82) is 0 Å². The first-order valence-corrected chi connectivity index (χ1v) is 6.53. The van der Waals surface area contributed by atoms with E-state index in [2.05, 4.69) is 4.98 Å². The Morgan fingerprint density at radius 1 is 1.11 bits per heavy atom. The Labute approximate surface area is 113 Å². The second kappa shape index (κ2) is 4.37. The lowest BCUT2D eigenvalue weighted by Gasteiger charge is -2.18. The van der Waals surface area contributed by atoms with Gasteiger partial charge >= 0.3 is 6.18 Å². The molecule has 0 N–H and O–H groups in total. The van der Waals surface area contributed by atoms with Crippen molar-refractivity contribution in [3.63, 3.8) is 0 Å². The summed E-state index contributed by atoms with van der Waals surface area (Å²) in [5, 5.41) is 0.723. The van der Waals surface area contributed by atoms with Crippen molar-refractivity contribution in [3.05, 3.63) is 40.0 Å². The van der Waals surface area contributed by atoms with Crippen LogP contribution < -0.4 is 0 Å². The van der Waals surface area contributed by atoms with Crippen LogP contribution in [0.1, 0.15) is 29.7 Å². The number of nitrogens with zero attached hydrogens (tertiary/aromatic N) is 1. The number of hydrogen-bond donors (Lipinski definition) is 0. The fourth-order valence-corrected chi connectivity index (χ4v) is 2.88. The second-order valence-corrected chi connectivity index (χ2v) is 5.20. The van der Waals surface area contributed by atoms with Gasteiger partial charge in [0.2, 0.25) is 0 Å². The average molecular weight is 286 g/mol. The lowest BCUT2D eigenvalue weighted by molar-refractivity contribution is -0.140. The van der Waals surface area contributed by atoms with Crippen molar-refractivity contribution >= 4 is 22.5 Å². The topological polar surface area (TPSA) is 12.9 Å². The fourth-order valence-electron chi connectivity index (χ4n) is 2.62. The van der Waals surface area contributed by atoms with Crippen molar-refractivity contribution in [1.82, 2.24) is 4.98 Å². The molecular formula is C14H11ClF3N. The zero-order chi connectivity index (χ0) is 13.6. The van der Waals surface area contributed by atoms with Gasteiger partial charge in [-0.25, -0.2) is 4.98 Å². The molecule has 0 atom stereocenters. The van der Waals surface area contributed by atoms with Gasteiger partial charge < -0.3 is 0 Å². The minimum atomic E-state index is -4.46. The van der Waals surface area contributed by atoms with Crippen LogP contribution in [-0.4, -0.2) is 4.98 Å². The maximum absolute atomic E-state index is 12.8. The molecule has 1 aliphatic carbocycles. The summed E-state index contributed by atoms with van der Waals surface area (Å²) in [5.41, 5.74) is 1.53. The molecule has 100 valence electrons. The van der Waals surface area contributed by atoms with Gasteiger partial charge in [0.1, 0.15) is 5.69 Å². The standard InChI is InChI=1S/C14H11ClF3N/c15-11-7-12(14(16,17)18)19-13-9-4-2-1-3-8(9)5-6-10(11)13/h5-7H,1-4H2. The molecule has 0 bridgehead atoms. The number of pyridine rings is 1. The third-order valence-corrected chi connectivity index (χ3v) is 3.86. The van der Waals surface area contributed by atoms with Crippen LogP contribution in [0.25, 0.3) is 10.9 Å². The van der Waals surface area contributed by atoms with E-state index in [1.165, 1.54) is 0 Å². The normalized spacial score (nSPS) is 15.6. The molecule has 0 spiro atoms. The molecule has 0 fully saturated rings. The quantitative estimate of drug-likeness (QED) is 0.678. The van der Waals surface area contributed by atoms with E-state index in [1.54, 1.807) is 6.07 Å². The highest BCUT2D eigenvalue weighted by Crippen LogP contribution is 2.36. The maximum Gasteiger partial charge on any atom is 0.433 e. The van der Waals surface area contributed by atoms with Crippen LogP contribution in [-0.2, 0) is 19.0 Å². The van der Waals surface area contributed by atoms with Crippen molar-refractivity contribution in [2.45, 2.75) is 31.9 Å². The number of hydrogen-bond acceptors (Lipinski definition) is 1. The summed E-state index contributed by atoms with van der Waals surface area (Å²) >= 11 is 5.97. The molecule has 0 unspecified atom stereocenters. The van der Waals surface area contributed by atoms with Gasteiger partial charge in [0.05, 0.1) is 10.5 Å². The monoisotopic (exact) mass is 285 g/mol. The third kappa shape index (κ3) is 2.18. The summed E-state index contributed by atoms with van der Waals surface area (Å²) in [7, 11) is 0. The van der Waals surface area contributed by atoms with Gasteiger partial charge in [0.15, 0.2) is 0 Å². The van der Waals surface area contributed by atoms with Crippen LogP contribution in [0, 0.1) is 0 Å². The van der Waals surface area contributed by atoms with Crippen molar-refractivity contribution in [2.75, 3.05) is 0 Å². The molecule has 0 amide bonds. The number of alkyl halides is 3. The molecule has 1 aliphatic rings. The summed E-state index contributed by atoms with van der Waals surface area (Å²) in [6.07, 6.45) is -0.722. The molecule has 0 aliphatic heterocycles. The molecule has 19 heavy (non-hydrogen) atoms. The van der Waals surface area contributed by atoms with Crippen LogP contribution >= 0.6 is 11.6 Å². The first-order valence-electron chi connectivity index (χ1n) is 6.15. The van der Waals surface area contributed by atoms with Crippen molar-refractivity contribution in [3.8, 4) is 0 Å². The van der Waals surface area contributed by atoms with E-state index >= 15 is 0 Å². The van der Waals surface area contributed by atoms with E-state index in [0.29, 0.717) is 10.9 Å². The predicted octanol–water partition coefficient (Wildman–Crippen LogP) is 4.79.